The first kappa shape index (κ1) is 19.7. The molecule has 0 aliphatic carbocycles. The maximum absolute atomic E-state index is 12.1. The van der Waals surface area contributed by atoms with Crippen molar-refractivity contribution in [3.05, 3.63) is 73.8 Å². The second-order valence-electron chi connectivity index (χ2n) is 5.38. The second-order valence-corrected chi connectivity index (χ2v) is 6.22. The van der Waals surface area contributed by atoms with Crippen LogP contribution in [0.1, 0.15) is 15.9 Å². The van der Waals surface area contributed by atoms with Crippen LogP contribution in [0.25, 0.3) is 0 Å². The average molecular weight is 397 g/mol. The van der Waals surface area contributed by atoms with E-state index >= 15 is 0 Å². The number of carbonyl (C=O) groups is 2. The van der Waals surface area contributed by atoms with Gasteiger partial charge in [-0.15, -0.1) is 0 Å². The number of rotatable bonds is 6. The molecule has 0 bridgehead atoms. The van der Waals surface area contributed by atoms with Crippen molar-refractivity contribution in [3.63, 3.8) is 0 Å². The lowest BCUT2D eigenvalue weighted by Crippen LogP contribution is -2.30. The third kappa shape index (κ3) is 5.18. The van der Waals surface area contributed by atoms with Gasteiger partial charge in [-0.05, 0) is 23.8 Å². The smallest absolute Gasteiger partial charge is 0.340 e. The first-order valence-electron chi connectivity index (χ1n) is 7.37. The van der Waals surface area contributed by atoms with Gasteiger partial charge in [0, 0.05) is 30.7 Å². The van der Waals surface area contributed by atoms with E-state index in [9.17, 15) is 19.7 Å². The van der Waals surface area contributed by atoms with Crippen molar-refractivity contribution in [2.75, 3.05) is 13.7 Å². The van der Waals surface area contributed by atoms with Gasteiger partial charge in [-0.3, -0.25) is 14.9 Å². The molecule has 136 valence electrons. The monoisotopic (exact) mass is 396 g/mol. The average Bonchev–Trinajstić information content (AvgIpc) is 2.59. The van der Waals surface area contributed by atoms with Crippen LogP contribution in [-0.2, 0) is 16.1 Å². The van der Waals surface area contributed by atoms with E-state index < -0.39 is 23.4 Å². The number of nitrogens with zero attached hydrogens (tertiary/aromatic N) is 2. The molecule has 2 aromatic rings. The Morgan fingerprint density at radius 1 is 1.19 bits per heavy atom. The number of hydrogen-bond acceptors (Lipinski definition) is 5. The quantitative estimate of drug-likeness (QED) is 0.421. The highest BCUT2D eigenvalue weighted by molar-refractivity contribution is 6.33. The van der Waals surface area contributed by atoms with E-state index in [1.54, 1.807) is 25.2 Å². The zero-order chi connectivity index (χ0) is 19.3. The molecule has 7 nitrogen and oxygen atoms in total. The number of amides is 1. The van der Waals surface area contributed by atoms with Crippen molar-refractivity contribution >= 4 is 40.8 Å². The summed E-state index contributed by atoms with van der Waals surface area (Å²) in [5, 5.41) is 11.1. The minimum absolute atomic E-state index is 0.0532. The molecule has 2 rings (SSSR count). The Morgan fingerprint density at radius 3 is 2.54 bits per heavy atom. The molecule has 0 aromatic heterocycles. The number of nitro benzene ring substituents is 1. The molecule has 0 heterocycles. The van der Waals surface area contributed by atoms with Crippen LogP contribution in [0.3, 0.4) is 0 Å². The Labute approximate surface area is 159 Å². The highest BCUT2D eigenvalue weighted by Gasteiger charge is 2.18. The predicted molar refractivity (Wildman–Crippen MR) is 96.3 cm³/mol. The lowest BCUT2D eigenvalue weighted by molar-refractivity contribution is -0.384. The molecule has 1 amide bonds. The van der Waals surface area contributed by atoms with Crippen LogP contribution in [0.2, 0.25) is 10.0 Å². The van der Waals surface area contributed by atoms with Crippen molar-refractivity contribution in [1.82, 2.24) is 4.90 Å². The first-order valence-corrected chi connectivity index (χ1v) is 8.13. The Hall–Kier alpha value is -2.64. The predicted octanol–water partition coefficient (Wildman–Crippen LogP) is 3.72. The van der Waals surface area contributed by atoms with Crippen LogP contribution in [0.5, 0.6) is 0 Å². The molecular formula is C17H14Cl2N2O5. The fourth-order valence-corrected chi connectivity index (χ4v) is 2.56. The molecule has 0 saturated heterocycles. The molecule has 2 aromatic carbocycles. The first-order chi connectivity index (χ1) is 12.3. The van der Waals surface area contributed by atoms with Gasteiger partial charge in [0.1, 0.15) is 0 Å². The summed E-state index contributed by atoms with van der Waals surface area (Å²) in [6, 6.07) is 10.4. The molecule has 0 saturated carbocycles. The summed E-state index contributed by atoms with van der Waals surface area (Å²) in [4.78, 5) is 35.5. The van der Waals surface area contributed by atoms with Gasteiger partial charge in [-0.1, -0.05) is 35.3 Å². The normalized spacial score (nSPS) is 10.3. The fraction of sp³-hybridized carbons (Fsp3) is 0.176. The van der Waals surface area contributed by atoms with Crippen molar-refractivity contribution in [1.29, 1.82) is 0 Å². The number of nitro groups is 1. The number of benzene rings is 2. The largest absolute Gasteiger partial charge is 0.452 e. The number of non-ortho nitro benzene ring substituents is 1. The molecule has 0 radical (unpaired) electrons. The van der Waals surface area contributed by atoms with E-state index in [2.05, 4.69) is 0 Å². The van der Waals surface area contributed by atoms with Crippen LogP contribution in [-0.4, -0.2) is 35.4 Å². The third-order valence-electron chi connectivity index (χ3n) is 3.44. The molecule has 26 heavy (non-hydrogen) atoms. The summed E-state index contributed by atoms with van der Waals surface area (Å²) in [7, 11) is 1.57. The summed E-state index contributed by atoms with van der Waals surface area (Å²) in [6.45, 7) is -0.182. The topological polar surface area (TPSA) is 89.8 Å². The summed E-state index contributed by atoms with van der Waals surface area (Å²) < 4.78 is 4.94. The minimum atomic E-state index is -0.839. The van der Waals surface area contributed by atoms with Gasteiger partial charge in [0.15, 0.2) is 6.61 Å². The van der Waals surface area contributed by atoms with Crippen molar-refractivity contribution in [2.24, 2.45) is 0 Å². The Bertz CT molecular complexity index is 857. The highest BCUT2D eigenvalue weighted by Crippen LogP contribution is 2.23. The van der Waals surface area contributed by atoms with Gasteiger partial charge >= 0.3 is 5.97 Å². The number of esters is 1. The fourth-order valence-electron chi connectivity index (χ4n) is 2.10. The maximum Gasteiger partial charge on any atom is 0.340 e. The third-order valence-corrected chi connectivity index (χ3v) is 3.99. The molecule has 0 atom stereocenters. The van der Waals surface area contributed by atoms with Gasteiger partial charge < -0.3 is 9.64 Å². The highest BCUT2D eigenvalue weighted by atomic mass is 35.5. The van der Waals surface area contributed by atoms with Crippen LogP contribution in [0.4, 0.5) is 5.69 Å². The van der Waals surface area contributed by atoms with Crippen molar-refractivity contribution in [3.8, 4) is 0 Å². The van der Waals surface area contributed by atoms with E-state index in [0.717, 1.165) is 17.7 Å². The van der Waals surface area contributed by atoms with Gasteiger partial charge in [0.2, 0.25) is 0 Å². The van der Waals surface area contributed by atoms with E-state index in [-0.39, 0.29) is 16.3 Å². The SMILES string of the molecule is CN(Cc1cccc(Cl)c1)C(=O)COC(=O)c1ccc([N+](=O)[O-])cc1Cl. The number of hydrogen-bond donors (Lipinski definition) is 0. The number of carbonyl (C=O) groups excluding carboxylic acids is 2. The van der Waals surface area contributed by atoms with E-state index in [4.69, 9.17) is 27.9 Å². The van der Waals surface area contributed by atoms with E-state index in [1.165, 1.54) is 11.0 Å². The zero-order valence-electron chi connectivity index (χ0n) is 13.6. The summed E-state index contributed by atoms with van der Waals surface area (Å²) in [5.41, 5.74) is 0.532. The lowest BCUT2D eigenvalue weighted by atomic mass is 10.2. The van der Waals surface area contributed by atoms with Crippen LogP contribution in [0.15, 0.2) is 42.5 Å². The van der Waals surface area contributed by atoms with E-state index in [0.29, 0.717) is 11.6 Å². The lowest BCUT2D eigenvalue weighted by Gasteiger charge is -2.17. The Kier molecular flexibility index (Phi) is 6.54. The second kappa shape index (κ2) is 8.64. The van der Waals surface area contributed by atoms with Crippen LogP contribution >= 0.6 is 23.2 Å². The van der Waals surface area contributed by atoms with Gasteiger partial charge in [0.05, 0.1) is 15.5 Å². The molecule has 0 spiro atoms. The van der Waals surface area contributed by atoms with Crippen LogP contribution < -0.4 is 0 Å². The van der Waals surface area contributed by atoms with Crippen LogP contribution in [0, 0.1) is 10.1 Å². The molecule has 0 unspecified atom stereocenters. The van der Waals surface area contributed by atoms with Gasteiger partial charge in [-0.2, -0.15) is 0 Å². The molecule has 9 heteroatoms. The maximum atomic E-state index is 12.1. The molecular weight excluding hydrogens is 383 g/mol. The summed E-state index contributed by atoms with van der Waals surface area (Å²) in [5.74, 6) is -1.26. The van der Waals surface area contributed by atoms with E-state index in [1.807, 2.05) is 6.07 Å². The number of ether oxygens (including phenoxy) is 1. The van der Waals surface area contributed by atoms with Gasteiger partial charge in [0.25, 0.3) is 11.6 Å². The number of halogens is 2. The Balaban J connectivity index is 1.94. The van der Waals surface area contributed by atoms with Crippen molar-refractivity contribution < 1.29 is 19.2 Å². The summed E-state index contributed by atoms with van der Waals surface area (Å²) >= 11 is 11.8. The molecule has 0 aliphatic heterocycles. The molecule has 0 N–H and O–H groups in total. The molecule has 0 aliphatic rings. The summed E-state index contributed by atoms with van der Waals surface area (Å²) in [6.07, 6.45) is 0. The number of likely N-dealkylation sites (N-methyl/N-ethyl adjacent to an activating group) is 1. The molecule has 0 fully saturated rings. The van der Waals surface area contributed by atoms with Gasteiger partial charge in [-0.25, -0.2) is 4.79 Å². The Morgan fingerprint density at radius 2 is 1.92 bits per heavy atom. The van der Waals surface area contributed by atoms with Crippen molar-refractivity contribution in [2.45, 2.75) is 6.54 Å². The minimum Gasteiger partial charge on any atom is -0.452 e. The standard InChI is InChI=1S/C17H14Cl2N2O5/c1-20(9-11-3-2-4-12(18)7-11)16(22)10-26-17(23)14-6-5-13(21(24)25)8-15(14)19/h2-8H,9-10H2,1H3. The zero-order valence-corrected chi connectivity index (χ0v) is 15.2.